The van der Waals surface area contributed by atoms with Gasteiger partial charge < -0.3 is 11.5 Å². The van der Waals surface area contributed by atoms with Crippen molar-refractivity contribution >= 4 is 11.7 Å². The average Bonchev–Trinajstić information content (AvgIpc) is 2.07. The molecular weight excluding hydrogens is 144 g/mol. The lowest BCUT2D eigenvalue weighted by Gasteiger charge is -1.94. The molecule has 0 aliphatic rings. The molecule has 0 unspecified atom stereocenters. The standard InChI is InChI=1S/C6H10N4O/c1-3-4(6(8)11)5(7)10(2)9-3/h7H2,1-2H3,(H2,8,11). The van der Waals surface area contributed by atoms with Gasteiger partial charge >= 0.3 is 0 Å². The van der Waals surface area contributed by atoms with Gasteiger partial charge in [-0.15, -0.1) is 0 Å². The van der Waals surface area contributed by atoms with Gasteiger partial charge in [-0.2, -0.15) is 5.10 Å². The second kappa shape index (κ2) is 2.26. The van der Waals surface area contributed by atoms with Crippen molar-refractivity contribution in [3.8, 4) is 0 Å². The minimum Gasteiger partial charge on any atom is -0.383 e. The number of aromatic nitrogens is 2. The summed E-state index contributed by atoms with van der Waals surface area (Å²) in [6.45, 7) is 1.69. The van der Waals surface area contributed by atoms with Crippen LogP contribution < -0.4 is 11.5 Å². The first-order chi connectivity index (χ1) is 5.04. The normalized spacial score (nSPS) is 10.0. The maximum atomic E-state index is 10.7. The smallest absolute Gasteiger partial charge is 0.254 e. The summed E-state index contributed by atoms with van der Waals surface area (Å²) in [5, 5.41) is 3.92. The van der Waals surface area contributed by atoms with Crippen LogP contribution in [0.2, 0.25) is 0 Å². The highest BCUT2D eigenvalue weighted by Crippen LogP contribution is 2.13. The number of hydrogen-bond acceptors (Lipinski definition) is 3. The van der Waals surface area contributed by atoms with Gasteiger partial charge in [0.05, 0.1) is 5.69 Å². The number of carbonyl (C=O) groups is 1. The molecule has 60 valence electrons. The summed E-state index contributed by atoms with van der Waals surface area (Å²) < 4.78 is 1.43. The fraction of sp³-hybridized carbons (Fsp3) is 0.333. The van der Waals surface area contributed by atoms with E-state index < -0.39 is 5.91 Å². The van der Waals surface area contributed by atoms with Crippen molar-refractivity contribution in [1.29, 1.82) is 0 Å². The van der Waals surface area contributed by atoms with Gasteiger partial charge in [-0.05, 0) is 6.92 Å². The molecule has 0 saturated heterocycles. The Hall–Kier alpha value is -1.52. The number of hydrogen-bond donors (Lipinski definition) is 2. The molecule has 1 amide bonds. The molecule has 5 nitrogen and oxygen atoms in total. The molecule has 0 bridgehead atoms. The van der Waals surface area contributed by atoms with Crippen LogP contribution >= 0.6 is 0 Å². The van der Waals surface area contributed by atoms with Crippen LogP contribution in [0.5, 0.6) is 0 Å². The zero-order chi connectivity index (χ0) is 8.59. The molecule has 1 heterocycles. The molecule has 4 N–H and O–H groups in total. The first-order valence-corrected chi connectivity index (χ1v) is 3.13. The molecule has 0 aliphatic carbocycles. The highest BCUT2D eigenvalue weighted by Gasteiger charge is 2.14. The van der Waals surface area contributed by atoms with Crippen molar-refractivity contribution in [2.24, 2.45) is 12.8 Å². The third-order valence-corrected chi connectivity index (χ3v) is 1.51. The Kier molecular flexibility index (Phi) is 1.56. The lowest BCUT2D eigenvalue weighted by Crippen LogP contribution is -2.14. The number of primary amides is 1. The van der Waals surface area contributed by atoms with Crippen LogP contribution in [0.4, 0.5) is 5.82 Å². The summed E-state index contributed by atoms with van der Waals surface area (Å²) in [5.74, 6) is -0.219. The topological polar surface area (TPSA) is 86.9 Å². The zero-order valence-electron chi connectivity index (χ0n) is 6.46. The fourth-order valence-corrected chi connectivity index (χ4v) is 0.981. The Labute approximate surface area is 64.0 Å². The summed E-state index contributed by atoms with van der Waals surface area (Å²) in [7, 11) is 1.66. The lowest BCUT2D eigenvalue weighted by atomic mass is 10.2. The molecule has 5 heteroatoms. The van der Waals surface area contributed by atoms with Crippen LogP contribution in [0.15, 0.2) is 0 Å². The van der Waals surface area contributed by atoms with Crippen molar-refractivity contribution in [3.63, 3.8) is 0 Å². The maximum Gasteiger partial charge on any atom is 0.254 e. The first kappa shape index (κ1) is 7.59. The number of aryl methyl sites for hydroxylation is 2. The Morgan fingerprint density at radius 3 is 2.36 bits per heavy atom. The van der Waals surface area contributed by atoms with E-state index in [9.17, 15) is 4.79 Å². The predicted octanol–water partition coefficient (Wildman–Crippen LogP) is -0.590. The van der Waals surface area contributed by atoms with Gasteiger partial charge in [0.1, 0.15) is 11.4 Å². The van der Waals surface area contributed by atoms with Gasteiger partial charge in [-0.25, -0.2) is 0 Å². The van der Waals surface area contributed by atoms with E-state index in [-0.39, 0.29) is 0 Å². The number of nitrogens with two attached hydrogens (primary N) is 2. The van der Waals surface area contributed by atoms with Crippen LogP contribution in [-0.2, 0) is 7.05 Å². The molecule has 1 rings (SSSR count). The summed E-state index contributed by atoms with van der Waals surface area (Å²) in [6.07, 6.45) is 0. The highest BCUT2D eigenvalue weighted by atomic mass is 16.1. The second-order valence-corrected chi connectivity index (χ2v) is 2.33. The zero-order valence-corrected chi connectivity index (χ0v) is 6.46. The van der Waals surface area contributed by atoms with Crippen LogP contribution in [0.1, 0.15) is 16.1 Å². The van der Waals surface area contributed by atoms with Crippen molar-refractivity contribution < 1.29 is 4.79 Å². The van der Waals surface area contributed by atoms with Crippen LogP contribution in [-0.4, -0.2) is 15.7 Å². The summed E-state index contributed by atoms with van der Waals surface area (Å²) in [5.41, 5.74) is 11.4. The largest absolute Gasteiger partial charge is 0.383 e. The molecule has 0 radical (unpaired) electrons. The van der Waals surface area contributed by atoms with Crippen LogP contribution in [0.25, 0.3) is 0 Å². The molecule has 11 heavy (non-hydrogen) atoms. The van der Waals surface area contributed by atoms with Gasteiger partial charge in [-0.3, -0.25) is 9.48 Å². The Balaban J connectivity index is 3.34. The summed E-state index contributed by atoms with van der Waals surface area (Å²) in [4.78, 5) is 10.7. The van der Waals surface area contributed by atoms with E-state index >= 15 is 0 Å². The van der Waals surface area contributed by atoms with E-state index in [1.807, 2.05) is 0 Å². The highest BCUT2D eigenvalue weighted by molar-refractivity contribution is 5.98. The third-order valence-electron chi connectivity index (χ3n) is 1.51. The lowest BCUT2D eigenvalue weighted by molar-refractivity contribution is 0.100. The van der Waals surface area contributed by atoms with E-state index in [1.165, 1.54) is 4.68 Å². The molecule has 0 atom stereocenters. The number of anilines is 1. The van der Waals surface area contributed by atoms with Crippen molar-refractivity contribution in [2.45, 2.75) is 6.92 Å². The Morgan fingerprint density at radius 2 is 2.18 bits per heavy atom. The van der Waals surface area contributed by atoms with Gasteiger partial charge in [0.2, 0.25) is 0 Å². The molecule has 0 spiro atoms. The van der Waals surface area contributed by atoms with Crippen molar-refractivity contribution in [1.82, 2.24) is 9.78 Å². The number of rotatable bonds is 1. The number of carbonyl (C=O) groups excluding carboxylic acids is 1. The molecule has 0 fully saturated rings. The van der Waals surface area contributed by atoms with E-state index in [1.54, 1.807) is 14.0 Å². The van der Waals surface area contributed by atoms with Crippen LogP contribution in [0, 0.1) is 6.92 Å². The van der Waals surface area contributed by atoms with Gasteiger partial charge in [0, 0.05) is 7.05 Å². The van der Waals surface area contributed by atoms with E-state index in [4.69, 9.17) is 11.5 Å². The first-order valence-electron chi connectivity index (χ1n) is 3.13. The van der Waals surface area contributed by atoms with E-state index in [0.29, 0.717) is 17.1 Å². The predicted molar refractivity (Wildman–Crippen MR) is 40.9 cm³/mol. The van der Waals surface area contributed by atoms with Gasteiger partial charge in [0.25, 0.3) is 5.91 Å². The van der Waals surface area contributed by atoms with Gasteiger partial charge in [0.15, 0.2) is 0 Å². The molecule has 0 aromatic carbocycles. The average molecular weight is 154 g/mol. The van der Waals surface area contributed by atoms with Crippen molar-refractivity contribution in [3.05, 3.63) is 11.3 Å². The molecule has 1 aromatic heterocycles. The monoisotopic (exact) mass is 154 g/mol. The third kappa shape index (κ3) is 1.04. The van der Waals surface area contributed by atoms with Crippen LogP contribution in [0.3, 0.4) is 0 Å². The number of nitrogen functional groups attached to an aromatic ring is 1. The minimum absolute atomic E-state index is 0.313. The molecule has 0 aliphatic heterocycles. The van der Waals surface area contributed by atoms with E-state index in [2.05, 4.69) is 5.10 Å². The van der Waals surface area contributed by atoms with E-state index in [0.717, 1.165) is 0 Å². The summed E-state index contributed by atoms with van der Waals surface area (Å²) >= 11 is 0. The maximum absolute atomic E-state index is 10.7. The molecular formula is C6H10N4O. The fourth-order valence-electron chi connectivity index (χ4n) is 0.981. The van der Waals surface area contributed by atoms with Gasteiger partial charge in [-0.1, -0.05) is 0 Å². The van der Waals surface area contributed by atoms with Crippen molar-refractivity contribution in [2.75, 3.05) is 5.73 Å². The Morgan fingerprint density at radius 1 is 1.64 bits per heavy atom. The second-order valence-electron chi connectivity index (χ2n) is 2.33. The molecule has 0 saturated carbocycles. The minimum atomic E-state index is -0.534. The SMILES string of the molecule is Cc1nn(C)c(N)c1C(N)=O. The number of amides is 1. The Bertz CT molecular complexity index is 302. The quantitative estimate of drug-likeness (QED) is 0.566. The molecule has 1 aromatic rings. The summed E-state index contributed by atoms with van der Waals surface area (Å²) in [6, 6.07) is 0. The number of nitrogens with zero attached hydrogens (tertiary/aromatic N) is 2.